The second-order valence-electron chi connectivity index (χ2n) is 8.67. The van der Waals surface area contributed by atoms with Gasteiger partial charge in [0.15, 0.2) is 0 Å². The number of hydrogen-bond acceptors (Lipinski definition) is 6. The molecule has 2 aromatic heterocycles. The van der Waals surface area contributed by atoms with Crippen LogP contribution in [0.4, 0.5) is 5.69 Å². The van der Waals surface area contributed by atoms with Gasteiger partial charge in [-0.15, -0.1) is 0 Å². The minimum absolute atomic E-state index is 0.205. The molecule has 1 fully saturated rings. The fourth-order valence-electron chi connectivity index (χ4n) is 4.48. The summed E-state index contributed by atoms with van der Waals surface area (Å²) in [5.74, 6) is 0.124. The number of hydrogen-bond donors (Lipinski definition) is 1. The van der Waals surface area contributed by atoms with Crippen molar-refractivity contribution in [3.05, 3.63) is 57.8 Å². The maximum Gasteiger partial charge on any atom is 0.265 e. The topological polar surface area (TPSA) is 83.6 Å². The molecule has 3 heterocycles. The first-order valence-electron chi connectivity index (χ1n) is 11.1. The Morgan fingerprint density at radius 1 is 1.28 bits per heavy atom. The third-order valence-electron chi connectivity index (χ3n) is 6.16. The predicted octanol–water partition coefficient (Wildman–Crippen LogP) is 2.47. The second-order valence-corrected chi connectivity index (χ2v) is 8.67. The highest BCUT2D eigenvalue weighted by atomic mass is 16.3. The summed E-state index contributed by atoms with van der Waals surface area (Å²) in [6, 6.07) is 9.10. The van der Waals surface area contributed by atoms with Gasteiger partial charge in [-0.2, -0.15) is 0 Å². The quantitative estimate of drug-likeness (QED) is 0.597. The molecule has 0 radical (unpaired) electrons. The molecule has 32 heavy (non-hydrogen) atoms. The first-order valence-corrected chi connectivity index (χ1v) is 11.1. The molecule has 1 aromatic carbocycles. The van der Waals surface area contributed by atoms with E-state index in [0.29, 0.717) is 18.3 Å². The Balaban J connectivity index is 1.30. The monoisotopic (exact) mass is 437 g/mol. The number of aryl methyl sites for hydroxylation is 3. The standard InChI is InChI=1S/C24H31N5O3/c1-16-7-5-8-19(13-16)29-12-11-28(14-17(29)2)10-6-9-25-22(30)20-18(3)32-23-21(20)24(31)27(4)15-26-23/h5,7-8,13,15,17H,6,9-12,14H2,1-4H3,(H,25,30)/t17-/m0/s1. The van der Waals surface area contributed by atoms with Crippen LogP contribution in [0.25, 0.3) is 11.1 Å². The predicted molar refractivity (Wildman–Crippen MR) is 125 cm³/mol. The molecule has 1 saturated heterocycles. The Bertz CT molecular complexity index is 1180. The molecule has 4 rings (SSSR count). The zero-order chi connectivity index (χ0) is 22.8. The van der Waals surface area contributed by atoms with E-state index in [0.717, 1.165) is 32.6 Å². The number of amides is 1. The van der Waals surface area contributed by atoms with Crippen molar-refractivity contribution in [2.45, 2.75) is 33.2 Å². The molecular weight excluding hydrogens is 406 g/mol. The smallest absolute Gasteiger partial charge is 0.265 e. The van der Waals surface area contributed by atoms with Gasteiger partial charge < -0.3 is 19.2 Å². The van der Waals surface area contributed by atoms with Crippen LogP contribution in [0.5, 0.6) is 0 Å². The number of benzene rings is 1. The molecule has 0 saturated carbocycles. The summed E-state index contributed by atoms with van der Waals surface area (Å²) in [4.78, 5) is 34.2. The summed E-state index contributed by atoms with van der Waals surface area (Å²) in [6.45, 7) is 10.5. The highest BCUT2D eigenvalue weighted by molar-refractivity contribution is 6.06. The van der Waals surface area contributed by atoms with Crippen LogP contribution in [-0.4, -0.2) is 59.1 Å². The Morgan fingerprint density at radius 3 is 2.84 bits per heavy atom. The molecule has 1 aliphatic heterocycles. The van der Waals surface area contributed by atoms with Crippen LogP contribution in [-0.2, 0) is 7.05 Å². The number of rotatable bonds is 6. The van der Waals surface area contributed by atoms with E-state index in [2.05, 4.69) is 58.2 Å². The number of furan rings is 1. The lowest BCUT2D eigenvalue weighted by atomic mass is 10.1. The van der Waals surface area contributed by atoms with Crippen molar-refractivity contribution in [1.82, 2.24) is 19.8 Å². The van der Waals surface area contributed by atoms with E-state index in [1.165, 1.54) is 22.1 Å². The van der Waals surface area contributed by atoms with Gasteiger partial charge >= 0.3 is 0 Å². The number of piperazine rings is 1. The fourth-order valence-corrected chi connectivity index (χ4v) is 4.48. The van der Waals surface area contributed by atoms with E-state index in [4.69, 9.17) is 4.42 Å². The Hall–Kier alpha value is -3.13. The minimum atomic E-state index is -0.288. The van der Waals surface area contributed by atoms with Crippen LogP contribution in [0, 0.1) is 13.8 Å². The Labute approximate surface area is 187 Å². The van der Waals surface area contributed by atoms with Crippen LogP contribution in [0.15, 0.2) is 39.8 Å². The highest BCUT2D eigenvalue weighted by Gasteiger charge is 2.24. The largest absolute Gasteiger partial charge is 0.442 e. The zero-order valence-electron chi connectivity index (χ0n) is 19.2. The fraction of sp³-hybridized carbons (Fsp3) is 0.458. The number of aromatic nitrogens is 2. The number of nitrogens with one attached hydrogen (secondary N) is 1. The van der Waals surface area contributed by atoms with Crippen LogP contribution in [0.1, 0.15) is 35.0 Å². The Morgan fingerprint density at radius 2 is 2.09 bits per heavy atom. The van der Waals surface area contributed by atoms with Crippen LogP contribution in [0.3, 0.4) is 0 Å². The van der Waals surface area contributed by atoms with Crippen molar-refractivity contribution in [3.8, 4) is 0 Å². The molecule has 1 N–H and O–H groups in total. The van der Waals surface area contributed by atoms with E-state index in [1.54, 1.807) is 14.0 Å². The van der Waals surface area contributed by atoms with E-state index in [-0.39, 0.29) is 28.1 Å². The van der Waals surface area contributed by atoms with E-state index in [9.17, 15) is 9.59 Å². The SMILES string of the molecule is Cc1cccc(N2CCN(CCCNC(=O)c3c(C)oc4ncn(C)c(=O)c34)C[C@@H]2C)c1. The number of anilines is 1. The zero-order valence-corrected chi connectivity index (χ0v) is 19.2. The average molecular weight is 438 g/mol. The van der Waals surface area contributed by atoms with Crippen molar-refractivity contribution in [2.24, 2.45) is 7.05 Å². The summed E-state index contributed by atoms with van der Waals surface area (Å²) in [6.07, 6.45) is 2.24. The van der Waals surface area contributed by atoms with Gasteiger partial charge in [0.1, 0.15) is 17.5 Å². The number of nitrogens with zero attached hydrogens (tertiary/aromatic N) is 4. The highest BCUT2D eigenvalue weighted by Crippen LogP contribution is 2.22. The van der Waals surface area contributed by atoms with E-state index in [1.807, 2.05) is 0 Å². The van der Waals surface area contributed by atoms with Crippen molar-refractivity contribution in [2.75, 3.05) is 37.6 Å². The third kappa shape index (κ3) is 4.41. The van der Waals surface area contributed by atoms with Gasteiger partial charge in [-0.1, -0.05) is 12.1 Å². The van der Waals surface area contributed by atoms with Crippen LogP contribution >= 0.6 is 0 Å². The lowest BCUT2D eigenvalue weighted by Crippen LogP contribution is -2.52. The molecule has 0 bridgehead atoms. The molecule has 1 amide bonds. The van der Waals surface area contributed by atoms with Gasteiger partial charge in [0.2, 0.25) is 5.71 Å². The van der Waals surface area contributed by atoms with E-state index >= 15 is 0 Å². The van der Waals surface area contributed by atoms with Gasteiger partial charge in [-0.25, -0.2) is 4.98 Å². The van der Waals surface area contributed by atoms with Crippen molar-refractivity contribution in [3.63, 3.8) is 0 Å². The molecule has 3 aromatic rings. The van der Waals surface area contributed by atoms with Crippen molar-refractivity contribution < 1.29 is 9.21 Å². The van der Waals surface area contributed by atoms with Gasteiger partial charge in [0.05, 0.1) is 5.56 Å². The van der Waals surface area contributed by atoms with Gasteiger partial charge in [-0.05, 0) is 51.4 Å². The summed E-state index contributed by atoms with van der Waals surface area (Å²) in [7, 11) is 1.61. The Kier molecular flexibility index (Phi) is 6.32. The molecule has 0 aliphatic carbocycles. The number of carbonyl (C=O) groups excluding carboxylic acids is 1. The first kappa shape index (κ1) is 22.1. The van der Waals surface area contributed by atoms with E-state index < -0.39 is 0 Å². The second kappa shape index (κ2) is 9.16. The summed E-state index contributed by atoms with van der Waals surface area (Å²) < 4.78 is 6.88. The van der Waals surface area contributed by atoms with Gasteiger partial charge in [0.25, 0.3) is 11.5 Å². The molecule has 1 aliphatic rings. The average Bonchev–Trinajstić information content (AvgIpc) is 3.10. The summed E-state index contributed by atoms with van der Waals surface area (Å²) in [5, 5.41) is 3.19. The molecule has 170 valence electrons. The van der Waals surface area contributed by atoms with Crippen LogP contribution < -0.4 is 15.8 Å². The summed E-state index contributed by atoms with van der Waals surface area (Å²) in [5.41, 5.74) is 2.78. The molecule has 8 nitrogen and oxygen atoms in total. The summed E-state index contributed by atoms with van der Waals surface area (Å²) >= 11 is 0. The lowest BCUT2D eigenvalue weighted by molar-refractivity contribution is 0.0951. The third-order valence-corrected chi connectivity index (χ3v) is 6.16. The maximum absolute atomic E-state index is 12.8. The molecule has 8 heteroatoms. The number of carbonyl (C=O) groups is 1. The minimum Gasteiger partial charge on any atom is -0.442 e. The van der Waals surface area contributed by atoms with Crippen LogP contribution in [0.2, 0.25) is 0 Å². The molecular formula is C24H31N5O3. The lowest BCUT2D eigenvalue weighted by Gasteiger charge is -2.41. The molecule has 0 spiro atoms. The number of fused-ring (bicyclic) bond motifs is 1. The maximum atomic E-state index is 12.8. The van der Waals surface area contributed by atoms with Crippen molar-refractivity contribution in [1.29, 1.82) is 0 Å². The normalized spacial score (nSPS) is 17.1. The molecule has 1 atom stereocenters. The first-order chi connectivity index (χ1) is 15.3. The molecule has 0 unspecified atom stereocenters. The van der Waals surface area contributed by atoms with Crippen molar-refractivity contribution >= 4 is 22.7 Å². The van der Waals surface area contributed by atoms with Gasteiger partial charge in [0, 0.05) is 45.0 Å². The van der Waals surface area contributed by atoms with Gasteiger partial charge in [-0.3, -0.25) is 14.5 Å².